The second-order valence-electron chi connectivity index (χ2n) is 5.58. The Morgan fingerprint density at radius 1 is 1.12 bits per heavy atom. The van der Waals surface area contributed by atoms with E-state index in [1.54, 1.807) is 0 Å². The predicted molar refractivity (Wildman–Crippen MR) is 70.9 cm³/mol. The van der Waals surface area contributed by atoms with Gasteiger partial charge in [0.1, 0.15) is 0 Å². The molecule has 0 spiro atoms. The van der Waals surface area contributed by atoms with Gasteiger partial charge in [-0.3, -0.25) is 0 Å². The van der Waals surface area contributed by atoms with Crippen molar-refractivity contribution in [2.24, 2.45) is 11.3 Å². The van der Waals surface area contributed by atoms with Crippen LogP contribution in [0.4, 0.5) is 0 Å². The van der Waals surface area contributed by atoms with Crippen molar-refractivity contribution in [3.05, 3.63) is 0 Å². The highest BCUT2D eigenvalue weighted by atomic mass is 16.3. The summed E-state index contributed by atoms with van der Waals surface area (Å²) in [6, 6.07) is 0.442. The molecule has 17 heavy (non-hydrogen) atoms. The average Bonchev–Trinajstić information content (AvgIpc) is 2.41. The normalized spacial score (nSPS) is 26.1. The Balaban J connectivity index is 2.46. The largest absolute Gasteiger partial charge is 0.396 e. The minimum absolute atomic E-state index is 0.0253. The molecule has 1 rings (SSSR count). The molecule has 0 aromatic rings. The molecule has 102 valence electrons. The highest BCUT2D eigenvalue weighted by Gasteiger charge is 2.29. The summed E-state index contributed by atoms with van der Waals surface area (Å²) in [7, 11) is 0. The Hall–Kier alpha value is -0.120. The van der Waals surface area contributed by atoms with Gasteiger partial charge in [-0.2, -0.15) is 0 Å². The fraction of sp³-hybridized carbons (Fsp3) is 1.00. The number of nitrogens with one attached hydrogen (secondary N) is 1. The number of aliphatic hydroxyl groups excluding tert-OH is 2. The van der Waals surface area contributed by atoms with E-state index in [0.29, 0.717) is 18.6 Å². The summed E-state index contributed by atoms with van der Waals surface area (Å²) < 4.78 is 0. The summed E-state index contributed by atoms with van der Waals surface area (Å²) in [6.45, 7) is 5.71. The van der Waals surface area contributed by atoms with Gasteiger partial charge in [0, 0.05) is 31.2 Å². The van der Waals surface area contributed by atoms with Crippen LogP contribution in [0.15, 0.2) is 0 Å². The Bertz CT molecular complexity index is 196. The van der Waals surface area contributed by atoms with Crippen LogP contribution >= 0.6 is 0 Å². The molecule has 0 saturated heterocycles. The van der Waals surface area contributed by atoms with Crippen LogP contribution in [0, 0.1) is 11.3 Å². The van der Waals surface area contributed by atoms with Gasteiger partial charge in [0.25, 0.3) is 0 Å². The summed E-state index contributed by atoms with van der Waals surface area (Å²) in [4.78, 5) is 0. The molecule has 1 aliphatic carbocycles. The molecule has 0 amide bonds. The lowest BCUT2D eigenvalue weighted by Gasteiger charge is -2.36. The quantitative estimate of drug-likeness (QED) is 0.640. The third-order valence-electron chi connectivity index (χ3n) is 4.72. The number of hydrogen-bond acceptors (Lipinski definition) is 3. The molecule has 0 bridgehead atoms. The second-order valence-corrected chi connectivity index (χ2v) is 5.58. The molecule has 0 radical (unpaired) electrons. The van der Waals surface area contributed by atoms with E-state index in [1.165, 1.54) is 19.3 Å². The van der Waals surface area contributed by atoms with Crippen molar-refractivity contribution >= 4 is 0 Å². The van der Waals surface area contributed by atoms with Crippen LogP contribution < -0.4 is 5.32 Å². The summed E-state index contributed by atoms with van der Waals surface area (Å²) >= 11 is 0. The first-order chi connectivity index (χ1) is 8.21. The lowest BCUT2D eigenvalue weighted by Crippen LogP contribution is -2.46. The molecule has 0 aromatic heterocycles. The van der Waals surface area contributed by atoms with Crippen LogP contribution in [-0.2, 0) is 0 Å². The first kappa shape index (κ1) is 14.9. The van der Waals surface area contributed by atoms with Crippen molar-refractivity contribution in [2.45, 2.75) is 58.4 Å². The predicted octanol–water partition coefficient (Wildman–Crippen LogP) is 1.93. The smallest absolute Gasteiger partial charge is 0.0499 e. The van der Waals surface area contributed by atoms with Gasteiger partial charge in [-0.25, -0.2) is 0 Å². The van der Waals surface area contributed by atoms with E-state index >= 15 is 0 Å². The van der Waals surface area contributed by atoms with Crippen molar-refractivity contribution in [1.29, 1.82) is 0 Å². The van der Waals surface area contributed by atoms with Gasteiger partial charge in [-0.15, -0.1) is 0 Å². The number of aliphatic hydroxyl groups is 2. The van der Waals surface area contributed by atoms with Crippen molar-refractivity contribution in [3.8, 4) is 0 Å². The van der Waals surface area contributed by atoms with Crippen molar-refractivity contribution in [3.63, 3.8) is 0 Å². The van der Waals surface area contributed by atoms with Crippen LogP contribution in [0.3, 0.4) is 0 Å². The lowest BCUT2D eigenvalue weighted by atomic mass is 9.81. The van der Waals surface area contributed by atoms with Gasteiger partial charge in [0.15, 0.2) is 0 Å². The molecule has 2 atom stereocenters. The van der Waals surface area contributed by atoms with E-state index in [-0.39, 0.29) is 12.0 Å². The van der Waals surface area contributed by atoms with Crippen molar-refractivity contribution in [2.75, 3.05) is 19.8 Å². The monoisotopic (exact) mass is 243 g/mol. The van der Waals surface area contributed by atoms with E-state index in [1.807, 2.05) is 0 Å². The molecule has 3 heteroatoms. The van der Waals surface area contributed by atoms with Crippen LogP contribution in [0.25, 0.3) is 0 Å². The summed E-state index contributed by atoms with van der Waals surface area (Å²) in [5.74, 6) is 0.411. The highest BCUT2D eigenvalue weighted by Crippen LogP contribution is 2.28. The molecule has 1 saturated carbocycles. The molecule has 0 aromatic carbocycles. The minimum atomic E-state index is 0.0253. The van der Waals surface area contributed by atoms with Gasteiger partial charge < -0.3 is 15.5 Å². The fourth-order valence-corrected chi connectivity index (χ4v) is 2.82. The molecule has 3 nitrogen and oxygen atoms in total. The third-order valence-corrected chi connectivity index (χ3v) is 4.72. The van der Waals surface area contributed by atoms with Crippen LogP contribution in [0.2, 0.25) is 0 Å². The first-order valence-electron chi connectivity index (χ1n) is 7.16. The van der Waals surface area contributed by atoms with E-state index in [9.17, 15) is 10.2 Å². The zero-order valence-corrected chi connectivity index (χ0v) is 11.4. The van der Waals surface area contributed by atoms with Crippen LogP contribution in [0.1, 0.15) is 52.4 Å². The van der Waals surface area contributed by atoms with Gasteiger partial charge in [-0.05, 0) is 31.6 Å². The Morgan fingerprint density at radius 3 is 2.29 bits per heavy atom. The first-order valence-corrected chi connectivity index (χ1v) is 7.16. The maximum absolute atomic E-state index is 9.54. The van der Waals surface area contributed by atoms with Crippen LogP contribution in [0.5, 0.6) is 0 Å². The highest BCUT2D eigenvalue weighted by molar-refractivity contribution is 4.85. The van der Waals surface area contributed by atoms with Gasteiger partial charge in [0.2, 0.25) is 0 Å². The Labute approximate surface area is 106 Å². The van der Waals surface area contributed by atoms with Gasteiger partial charge >= 0.3 is 0 Å². The molecular weight excluding hydrogens is 214 g/mol. The molecular formula is C14H29NO2. The molecule has 3 N–H and O–H groups in total. The zero-order chi connectivity index (χ0) is 12.7. The van der Waals surface area contributed by atoms with E-state index < -0.39 is 0 Å². The average molecular weight is 243 g/mol. The maximum Gasteiger partial charge on any atom is 0.0499 e. The SMILES string of the molecule is CCC(CC)(CO)CNC1CCCCC1CO. The molecule has 0 aliphatic heterocycles. The molecule has 0 heterocycles. The Morgan fingerprint density at radius 2 is 1.76 bits per heavy atom. The maximum atomic E-state index is 9.54. The van der Waals surface area contributed by atoms with Crippen molar-refractivity contribution in [1.82, 2.24) is 5.32 Å². The minimum Gasteiger partial charge on any atom is -0.396 e. The number of rotatable bonds is 7. The molecule has 2 unspecified atom stereocenters. The summed E-state index contributed by atoms with van der Waals surface area (Å²) in [5.41, 5.74) is 0.0253. The second kappa shape index (κ2) is 7.34. The molecule has 1 fully saturated rings. The Kier molecular flexibility index (Phi) is 6.45. The lowest BCUT2D eigenvalue weighted by molar-refractivity contribution is 0.0929. The van der Waals surface area contributed by atoms with Crippen LogP contribution in [-0.4, -0.2) is 36.0 Å². The number of hydrogen-bond donors (Lipinski definition) is 3. The van der Waals surface area contributed by atoms with E-state index in [0.717, 1.165) is 25.8 Å². The van der Waals surface area contributed by atoms with E-state index in [2.05, 4.69) is 19.2 Å². The zero-order valence-electron chi connectivity index (χ0n) is 11.4. The van der Waals surface area contributed by atoms with E-state index in [4.69, 9.17) is 0 Å². The van der Waals surface area contributed by atoms with Crippen molar-refractivity contribution < 1.29 is 10.2 Å². The molecule has 1 aliphatic rings. The third kappa shape index (κ3) is 3.94. The van der Waals surface area contributed by atoms with Gasteiger partial charge in [-0.1, -0.05) is 26.7 Å². The topological polar surface area (TPSA) is 52.5 Å². The standard InChI is InChI=1S/C14H29NO2/c1-3-14(4-2,11-17)10-15-13-8-6-5-7-12(13)9-16/h12-13,15-17H,3-11H2,1-2H3. The van der Waals surface area contributed by atoms with Gasteiger partial charge in [0.05, 0.1) is 0 Å². The summed E-state index contributed by atoms with van der Waals surface area (Å²) in [5, 5.41) is 22.5. The summed E-state index contributed by atoms with van der Waals surface area (Å²) in [6.07, 6.45) is 6.82. The fourth-order valence-electron chi connectivity index (χ4n) is 2.82.